The highest BCUT2D eigenvalue weighted by atomic mass is 16.5. The summed E-state index contributed by atoms with van der Waals surface area (Å²) in [6, 6.07) is 6.71. The second-order valence-corrected chi connectivity index (χ2v) is 4.52. The predicted octanol–water partition coefficient (Wildman–Crippen LogP) is 1.23. The maximum Gasteiger partial charge on any atom is 0.407 e. The standard InChI is InChI=1S/C14H17NO6/c1-19-13(16)11-4-2-3-5-12(11)21-9-10-8-15(14(17)18)6-7-20-10/h2-5,10H,6-9H2,1H3,(H,17,18). The van der Waals surface area contributed by atoms with Crippen molar-refractivity contribution >= 4 is 12.1 Å². The van der Waals surface area contributed by atoms with Crippen LogP contribution in [0.25, 0.3) is 0 Å². The van der Waals surface area contributed by atoms with Gasteiger partial charge in [0.05, 0.1) is 20.3 Å². The number of hydrogen-bond acceptors (Lipinski definition) is 5. The summed E-state index contributed by atoms with van der Waals surface area (Å²) in [4.78, 5) is 23.8. The summed E-state index contributed by atoms with van der Waals surface area (Å²) < 4.78 is 15.7. The Balaban J connectivity index is 1.97. The number of amides is 1. The van der Waals surface area contributed by atoms with E-state index in [4.69, 9.17) is 14.6 Å². The zero-order valence-corrected chi connectivity index (χ0v) is 11.7. The molecule has 1 aliphatic heterocycles. The number of carbonyl (C=O) groups is 2. The molecule has 0 spiro atoms. The molecule has 1 aromatic carbocycles. The molecule has 0 bridgehead atoms. The third-order valence-corrected chi connectivity index (χ3v) is 3.13. The third kappa shape index (κ3) is 3.85. The van der Waals surface area contributed by atoms with E-state index >= 15 is 0 Å². The number of ether oxygens (including phenoxy) is 3. The maximum atomic E-state index is 11.6. The molecule has 1 amide bonds. The molecule has 114 valence electrons. The van der Waals surface area contributed by atoms with Crippen molar-refractivity contribution in [2.45, 2.75) is 6.10 Å². The first-order valence-electron chi connectivity index (χ1n) is 6.51. The van der Waals surface area contributed by atoms with Crippen LogP contribution in [0.3, 0.4) is 0 Å². The van der Waals surface area contributed by atoms with Gasteiger partial charge in [-0.1, -0.05) is 12.1 Å². The van der Waals surface area contributed by atoms with Gasteiger partial charge in [-0.2, -0.15) is 0 Å². The second-order valence-electron chi connectivity index (χ2n) is 4.52. The molecule has 1 N–H and O–H groups in total. The number of hydrogen-bond donors (Lipinski definition) is 1. The molecule has 7 heteroatoms. The molecule has 1 aliphatic rings. The van der Waals surface area contributed by atoms with Crippen LogP contribution in [0.15, 0.2) is 24.3 Å². The van der Waals surface area contributed by atoms with Crippen LogP contribution < -0.4 is 4.74 Å². The van der Waals surface area contributed by atoms with Crippen molar-refractivity contribution in [2.75, 3.05) is 33.4 Å². The fourth-order valence-electron chi connectivity index (χ4n) is 2.05. The van der Waals surface area contributed by atoms with Crippen molar-refractivity contribution in [1.82, 2.24) is 4.90 Å². The van der Waals surface area contributed by atoms with Gasteiger partial charge in [-0.3, -0.25) is 0 Å². The molecule has 0 radical (unpaired) electrons. The minimum Gasteiger partial charge on any atom is -0.490 e. The topological polar surface area (TPSA) is 85.3 Å². The first-order valence-corrected chi connectivity index (χ1v) is 6.51. The van der Waals surface area contributed by atoms with E-state index in [2.05, 4.69) is 4.74 Å². The van der Waals surface area contributed by atoms with Crippen LogP contribution in [0.2, 0.25) is 0 Å². The van der Waals surface area contributed by atoms with Crippen LogP contribution in [0.4, 0.5) is 4.79 Å². The number of carboxylic acid groups (broad SMARTS) is 1. The number of para-hydroxylation sites is 1. The van der Waals surface area contributed by atoms with E-state index in [9.17, 15) is 9.59 Å². The van der Waals surface area contributed by atoms with Crippen molar-refractivity contribution in [3.05, 3.63) is 29.8 Å². The van der Waals surface area contributed by atoms with Gasteiger partial charge in [0, 0.05) is 6.54 Å². The van der Waals surface area contributed by atoms with Gasteiger partial charge >= 0.3 is 12.1 Å². The SMILES string of the molecule is COC(=O)c1ccccc1OCC1CN(C(=O)O)CCO1. The average molecular weight is 295 g/mol. The van der Waals surface area contributed by atoms with E-state index in [1.807, 2.05) is 0 Å². The number of carbonyl (C=O) groups excluding carboxylic acids is 1. The number of esters is 1. The Hall–Kier alpha value is -2.28. The molecule has 0 aliphatic carbocycles. The van der Waals surface area contributed by atoms with Crippen molar-refractivity contribution in [3.8, 4) is 5.75 Å². The van der Waals surface area contributed by atoms with E-state index in [-0.39, 0.29) is 19.3 Å². The van der Waals surface area contributed by atoms with Crippen molar-refractivity contribution in [3.63, 3.8) is 0 Å². The van der Waals surface area contributed by atoms with Gasteiger partial charge in [0.25, 0.3) is 0 Å². The van der Waals surface area contributed by atoms with E-state index in [0.29, 0.717) is 24.5 Å². The Morgan fingerprint density at radius 1 is 1.43 bits per heavy atom. The van der Waals surface area contributed by atoms with Gasteiger partial charge in [-0.25, -0.2) is 9.59 Å². The Morgan fingerprint density at radius 2 is 2.19 bits per heavy atom. The highest BCUT2D eigenvalue weighted by Crippen LogP contribution is 2.19. The van der Waals surface area contributed by atoms with Crippen LogP contribution in [0, 0.1) is 0 Å². The maximum absolute atomic E-state index is 11.6. The number of rotatable bonds is 4. The largest absolute Gasteiger partial charge is 0.490 e. The average Bonchev–Trinajstić information content (AvgIpc) is 2.52. The molecular weight excluding hydrogens is 278 g/mol. The lowest BCUT2D eigenvalue weighted by molar-refractivity contribution is -0.0413. The van der Waals surface area contributed by atoms with Crippen LogP contribution in [0.5, 0.6) is 5.75 Å². The lowest BCUT2D eigenvalue weighted by atomic mass is 10.2. The molecule has 1 heterocycles. The minimum absolute atomic E-state index is 0.164. The Labute approximate surface area is 122 Å². The summed E-state index contributed by atoms with van der Waals surface area (Å²) in [6.45, 7) is 1.09. The highest BCUT2D eigenvalue weighted by molar-refractivity contribution is 5.92. The molecule has 1 unspecified atom stereocenters. The second kappa shape index (κ2) is 6.94. The van der Waals surface area contributed by atoms with Crippen molar-refractivity contribution in [2.24, 2.45) is 0 Å². The van der Waals surface area contributed by atoms with Crippen LogP contribution >= 0.6 is 0 Å². The summed E-state index contributed by atoms with van der Waals surface area (Å²) in [5.41, 5.74) is 0.325. The molecule has 1 aromatic rings. The summed E-state index contributed by atoms with van der Waals surface area (Å²) >= 11 is 0. The first-order chi connectivity index (χ1) is 10.1. The molecule has 7 nitrogen and oxygen atoms in total. The summed E-state index contributed by atoms with van der Waals surface area (Å²) in [5.74, 6) is -0.0947. The zero-order chi connectivity index (χ0) is 15.2. The van der Waals surface area contributed by atoms with Crippen LogP contribution in [-0.2, 0) is 9.47 Å². The summed E-state index contributed by atoms with van der Waals surface area (Å²) in [7, 11) is 1.30. The number of nitrogens with zero attached hydrogens (tertiary/aromatic N) is 1. The predicted molar refractivity (Wildman–Crippen MR) is 72.6 cm³/mol. The Kier molecular flexibility index (Phi) is 4.99. The quantitative estimate of drug-likeness (QED) is 0.841. The third-order valence-electron chi connectivity index (χ3n) is 3.13. The number of morpholine rings is 1. The molecule has 1 fully saturated rings. The fourth-order valence-corrected chi connectivity index (χ4v) is 2.05. The molecule has 21 heavy (non-hydrogen) atoms. The van der Waals surface area contributed by atoms with Gasteiger partial charge in [0.2, 0.25) is 0 Å². The Morgan fingerprint density at radius 3 is 2.90 bits per heavy atom. The molecule has 2 rings (SSSR count). The van der Waals surface area contributed by atoms with Crippen LogP contribution in [0.1, 0.15) is 10.4 Å². The number of benzene rings is 1. The van der Waals surface area contributed by atoms with E-state index in [0.717, 1.165) is 0 Å². The van der Waals surface area contributed by atoms with Crippen molar-refractivity contribution in [1.29, 1.82) is 0 Å². The smallest absolute Gasteiger partial charge is 0.407 e. The van der Waals surface area contributed by atoms with Crippen molar-refractivity contribution < 1.29 is 28.9 Å². The molecule has 1 saturated heterocycles. The zero-order valence-electron chi connectivity index (χ0n) is 11.7. The van der Waals surface area contributed by atoms with E-state index in [1.54, 1.807) is 24.3 Å². The van der Waals surface area contributed by atoms with E-state index < -0.39 is 12.1 Å². The normalized spacial score (nSPS) is 18.1. The van der Waals surface area contributed by atoms with Gasteiger partial charge in [0.15, 0.2) is 0 Å². The van der Waals surface area contributed by atoms with Gasteiger partial charge in [-0.15, -0.1) is 0 Å². The van der Waals surface area contributed by atoms with Gasteiger partial charge < -0.3 is 24.2 Å². The lowest BCUT2D eigenvalue weighted by Gasteiger charge is -2.30. The fraction of sp³-hybridized carbons (Fsp3) is 0.429. The first kappa shape index (κ1) is 15.1. The molecular formula is C14H17NO6. The van der Waals surface area contributed by atoms with Gasteiger partial charge in [-0.05, 0) is 12.1 Å². The molecule has 1 atom stereocenters. The lowest BCUT2D eigenvalue weighted by Crippen LogP contribution is -2.47. The van der Waals surface area contributed by atoms with E-state index in [1.165, 1.54) is 12.0 Å². The molecule has 0 saturated carbocycles. The van der Waals surface area contributed by atoms with Gasteiger partial charge in [0.1, 0.15) is 24.0 Å². The molecule has 0 aromatic heterocycles. The monoisotopic (exact) mass is 295 g/mol. The number of methoxy groups -OCH3 is 1. The summed E-state index contributed by atoms with van der Waals surface area (Å²) in [6.07, 6.45) is -1.33. The Bertz CT molecular complexity index is 518. The summed E-state index contributed by atoms with van der Waals surface area (Å²) in [5, 5.41) is 8.96. The highest BCUT2D eigenvalue weighted by Gasteiger charge is 2.24. The van der Waals surface area contributed by atoms with Crippen LogP contribution in [-0.4, -0.2) is 61.6 Å². The minimum atomic E-state index is -0.974.